The first kappa shape index (κ1) is 14.9. The summed E-state index contributed by atoms with van der Waals surface area (Å²) >= 11 is 0. The predicted octanol–water partition coefficient (Wildman–Crippen LogP) is 2.16. The molecule has 0 spiro atoms. The van der Waals surface area contributed by atoms with E-state index in [4.69, 9.17) is 5.73 Å². The van der Waals surface area contributed by atoms with Crippen molar-refractivity contribution < 1.29 is 0 Å². The van der Waals surface area contributed by atoms with Crippen LogP contribution in [-0.4, -0.2) is 42.4 Å². The maximum atomic E-state index is 6.20. The van der Waals surface area contributed by atoms with Crippen molar-refractivity contribution in [2.75, 3.05) is 25.0 Å². The molecule has 0 bridgehead atoms. The summed E-state index contributed by atoms with van der Waals surface area (Å²) in [6.07, 6.45) is 4.75. The third-order valence-corrected chi connectivity index (χ3v) is 4.13. The van der Waals surface area contributed by atoms with Gasteiger partial charge in [-0.05, 0) is 31.4 Å². The number of aliphatic imine (C=N–C) groups is 1. The Kier molecular flexibility index (Phi) is 4.07. The summed E-state index contributed by atoms with van der Waals surface area (Å²) in [6.45, 7) is 6.10. The monoisotopic (exact) mass is 297 g/mol. The van der Waals surface area contributed by atoms with E-state index >= 15 is 0 Å². The van der Waals surface area contributed by atoms with Gasteiger partial charge in [0.15, 0.2) is 0 Å². The van der Waals surface area contributed by atoms with E-state index < -0.39 is 0 Å². The van der Waals surface area contributed by atoms with E-state index in [2.05, 4.69) is 38.9 Å². The second-order valence-electron chi connectivity index (χ2n) is 6.28. The van der Waals surface area contributed by atoms with Crippen LogP contribution in [0.1, 0.15) is 24.6 Å². The maximum absolute atomic E-state index is 6.20. The summed E-state index contributed by atoms with van der Waals surface area (Å²) < 4.78 is 0. The Labute approximate surface area is 131 Å². The lowest BCUT2D eigenvalue weighted by atomic mass is 9.95. The first-order valence-corrected chi connectivity index (χ1v) is 7.77. The molecule has 1 saturated heterocycles. The Morgan fingerprint density at radius 3 is 2.86 bits per heavy atom. The summed E-state index contributed by atoms with van der Waals surface area (Å²) in [7, 11) is 1.77. The molecular formula is C17H23N5. The largest absolute Gasteiger partial charge is 0.368 e. The highest BCUT2D eigenvalue weighted by Crippen LogP contribution is 2.29. The molecule has 0 radical (unpaired) electrons. The smallest absolute Gasteiger partial charge is 0.113 e. The van der Waals surface area contributed by atoms with Crippen LogP contribution < -0.4 is 10.6 Å². The maximum Gasteiger partial charge on any atom is 0.113 e. The van der Waals surface area contributed by atoms with Crippen LogP contribution in [-0.2, 0) is 0 Å². The average Bonchev–Trinajstić information content (AvgIpc) is 2.47. The number of aromatic nitrogens is 2. The standard InChI is InChI=1S/C17H23N5/c1-11-6-14(18)10-22(9-11)15-5-4-13(8-19-3)16-17(15)20-7-12(2)21-16/h4-5,7-8,11,14H,6,9-10,18H2,1-3H3/b19-8-/t11-,14+/m0/s1. The molecule has 1 aromatic carbocycles. The zero-order valence-electron chi connectivity index (χ0n) is 13.5. The second kappa shape index (κ2) is 6.01. The van der Waals surface area contributed by atoms with E-state index in [1.165, 1.54) is 0 Å². The fourth-order valence-electron chi connectivity index (χ4n) is 3.29. The van der Waals surface area contributed by atoms with Crippen molar-refractivity contribution in [3.8, 4) is 0 Å². The molecule has 22 heavy (non-hydrogen) atoms. The zero-order valence-corrected chi connectivity index (χ0v) is 13.5. The van der Waals surface area contributed by atoms with Crippen LogP contribution >= 0.6 is 0 Å². The van der Waals surface area contributed by atoms with E-state index in [9.17, 15) is 0 Å². The average molecular weight is 297 g/mol. The molecule has 5 heteroatoms. The van der Waals surface area contributed by atoms with Crippen molar-refractivity contribution in [1.29, 1.82) is 0 Å². The fourth-order valence-corrected chi connectivity index (χ4v) is 3.29. The summed E-state index contributed by atoms with van der Waals surface area (Å²) in [5.41, 5.74) is 11.1. The topological polar surface area (TPSA) is 67.4 Å². The molecule has 0 aliphatic carbocycles. The molecule has 2 N–H and O–H groups in total. The quantitative estimate of drug-likeness (QED) is 0.863. The van der Waals surface area contributed by atoms with Gasteiger partial charge in [-0.25, -0.2) is 4.98 Å². The van der Waals surface area contributed by atoms with Crippen molar-refractivity contribution in [3.05, 3.63) is 29.6 Å². The summed E-state index contributed by atoms with van der Waals surface area (Å²) in [4.78, 5) is 15.8. The minimum atomic E-state index is 0.217. The Hall–Kier alpha value is -2.01. The van der Waals surface area contributed by atoms with Gasteiger partial charge in [0.25, 0.3) is 0 Å². The van der Waals surface area contributed by atoms with Gasteiger partial charge < -0.3 is 10.6 Å². The highest BCUT2D eigenvalue weighted by molar-refractivity contribution is 6.01. The number of benzene rings is 1. The molecule has 1 fully saturated rings. The van der Waals surface area contributed by atoms with Crippen LogP contribution in [0.15, 0.2) is 23.3 Å². The lowest BCUT2D eigenvalue weighted by Crippen LogP contribution is -2.46. The van der Waals surface area contributed by atoms with Crippen molar-refractivity contribution in [2.45, 2.75) is 26.3 Å². The van der Waals surface area contributed by atoms with Crippen LogP contribution in [0.2, 0.25) is 0 Å². The van der Waals surface area contributed by atoms with Gasteiger partial charge in [-0.3, -0.25) is 9.98 Å². The first-order chi connectivity index (χ1) is 10.6. The van der Waals surface area contributed by atoms with E-state index in [0.29, 0.717) is 5.92 Å². The normalized spacial score (nSPS) is 22.6. The number of anilines is 1. The van der Waals surface area contributed by atoms with Crippen molar-refractivity contribution in [3.63, 3.8) is 0 Å². The van der Waals surface area contributed by atoms with E-state index in [0.717, 1.165) is 47.5 Å². The van der Waals surface area contributed by atoms with Gasteiger partial charge in [-0.15, -0.1) is 0 Å². The van der Waals surface area contributed by atoms with Crippen LogP contribution in [0.4, 0.5) is 5.69 Å². The number of rotatable bonds is 2. The highest BCUT2D eigenvalue weighted by Gasteiger charge is 2.24. The minimum Gasteiger partial charge on any atom is -0.368 e. The number of hydrogen-bond acceptors (Lipinski definition) is 5. The van der Waals surface area contributed by atoms with E-state index in [-0.39, 0.29) is 6.04 Å². The second-order valence-corrected chi connectivity index (χ2v) is 6.28. The molecule has 3 rings (SSSR count). The highest BCUT2D eigenvalue weighted by atomic mass is 15.2. The van der Waals surface area contributed by atoms with Crippen LogP contribution in [0.3, 0.4) is 0 Å². The number of nitrogens with two attached hydrogens (primary N) is 1. The molecule has 2 heterocycles. The summed E-state index contributed by atoms with van der Waals surface area (Å²) in [6, 6.07) is 4.41. The molecule has 1 aliphatic heterocycles. The summed E-state index contributed by atoms with van der Waals surface area (Å²) in [5, 5.41) is 0. The summed E-state index contributed by atoms with van der Waals surface area (Å²) in [5.74, 6) is 0.592. The zero-order chi connectivity index (χ0) is 15.7. The molecule has 2 atom stereocenters. The van der Waals surface area contributed by atoms with Gasteiger partial charge in [-0.1, -0.05) is 6.92 Å². The Bertz CT molecular complexity index is 700. The number of piperidine rings is 1. The van der Waals surface area contributed by atoms with E-state index in [1.807, 2.05) is 19.3 Å². The first-order valence-electron chi connectivity index (χ1n) is 7.77. The number of hydrogen-bond donors (Lipinski definition) is 1. The number of aryl methyl sites for hydroxylation is 1. The van der Waals surface area contributed by atoms with Gasteiger partial charge in [0.1, 0.15) is 5.52 Å². The predicted molar refractivity (Wildman–Crippen MR) is 91.8 cm³/mol. The molecule has 0 unspecified atom stereocenters. The Balaban J connectivity index is 2.12. The number of nitrogens with zero attached hydrogens (tertiary/aromatic N) is 4. The third kappa shape index (κ3) is 2.81. The molecule has 2 aromatic rings. The number of fused-ring (bicyclic) bond motifs is 1. The van der Waals surface area contributed by atoms with Crippen molar-refractivity contribution >= 4 is 22.9 Å². The van der Waals surface area contributed by atoms with Crippen LogP contribution in [0.5, 0.6) is 0 Å². The molecular weight excluding hydrogens is 274 g/mol. The van der Waals surface area contributed by atoms with Gasteiger partial charge in [0.2, 0.25) is 0 Å². The fraction of sp³-hybridized carbons (Fsp3) is 0.471. The van der Waals surface area contributed by atoms with Crippen LogP contribution in [0, 0.1) is 12.8 Å². The van der Waals surface area contributed by atoms with Crippen molar-refractivity contribution in [2.24, 2.45) is 16.6 Å². The lowest BCUT2D eigenvalue weighted by molar-refractivity contribution is 0.402. The van der Waals surface area contributed by atoms with Gasteiger partial charge in [0.05, 0.1) is 16.9 Å². The van der Waals surface area contributed by atoms with Crippen molar-refractivity contribution in [1.82, 2.24) is 9.97 Å². The third-order valence-electron chi connectivity index (χ3n) is 4.13. The van der Waals surface area contributed by atoms with Gasteiger partial charge >= 0.3 is 0 Å². The molecule has 0 saturated carbocycles. The Morgan fingerprint density at radius 1 is 1.32 bits per heavy atom. The molecule has 5 nitrogen and oxygen atoms in total. The SMILES string of the molecule is C/N=C\c1ccc(N2C[C@@H](C)C[C@@H](N)C2)c2ncc(C)nc12. The Morgan fingerprint density at radius 2 is 2.14 bits per heavy atom. The minimum absolute atomic E-state index is 0.217. The molecule has 1 aliphatic rings. The van der Waals surface area contributed by atoms with Crippen LogP contribution in [0.25, 0.3) is 11.0 Å². The molecule has 0 amide bonds. The molecule has 116 valence electrons. The van der Waals surface area contributed by atoms with E-state index in [1.54, 1.807) is 7.05 Å². The van der Waals surface area contributed by atoms with Gasteiger partial charge in [0, 0.05) is 44.2 Å². The van der Waals surface area contributed by atoms with Gasteiger partial charge in [-0.2, -0.15) is 0 Å². The molecule has 1 aromatic heterocycles. The lowest BCUT2D eigenvalue weighted by Gasteiger charge is -2.36.